The summed E-state index contributed by atoms with van der Waals surface area (Å²) in [5.74, 6) is -0.246. The SMILES string of the molecule is O=C(COc1ccc(S(=O)(=O)Nc2ccc(F)cc2)cc1)N1CCc2cc(Br)ccc21. The van der Waals surface area contributed by atoms with Gasteiger partial charge in [-0.15, -0.1) is 0 Å². The molecule has 0 unspecified atom stereocenters. The minimum atomic E-state index is -3.83. The predicted molar refractivity (Wildman–Crippen MR) is 119 cm³/mol. The number of sulfonamides is 1. The van der Waals surface area contributed by atoms with Crippen LogP contribution in [0.1, 0.15) is 5.56 Å². The van der Waals surface area contributed by atoms with E-state index in [4.69, 9.17) is 4.74 Å². The van der Waals surface area contributed by atoms with E-state index in [0.29, 0.717) is 12.3 Å². The maximum absolute atomic E-state index is 13.0. The Balaban J connectivity index is 1.38. The molecule has 0 atom stereocenters. The second-order valence-corrected chi connectivity index (χ2v) is 9.54. The number of hydrogen-bond donors (Lipinski definition) is 1. The normalized spacial score (nSPS) is 13.0. The number of carbonyl (C=O) groups is 1. The van der Waals surface area contributed by atoms with Crippen LogP contribution in [0.4, 0.5) is 15.8 Å². The van der Waals surface area contributed by atoms with E-state index in [1.54, 1.807) is 4.90 Å². The maximum Gasteiger partial charge on any atom is 0.264 e. The Morgan fingerprint density at radius 3 is 2.48 bits per heavy atom. The number of rotatable bonds is 6. The molecule has 4 rings (SSSR count). The number of ether oxygens (including phenoxy) is 1. The van der Waals surface area contributed by atoms with E-state index >= 15 is 0 Å². The van der Waals surface area contributed by atoms with Gasteiger partial charge in [-0.3, -0.25) is 9.52 Å². The highest BCUT2D eigenvalue weighted by molar-refractivity contribution is 9.10. The molecule has 0 radical (unpaired) electrons. The van der Waals surface area contributed by atoms with Gasteiger partial charge in [0.2, 0.25) is 0 Å². The van der Waals surface area contributed by atoms with Crippen molar-refractivity contribution in [3.05, 3.63) is 82.6 Å². The molecule has 0 saturated heterocycles. The highest BCUT2D eigenvalue weighted by Gasteiger charge is 2.25. The Bertz CT molecular complexity index is 1220. The number of amides is 1. The number of fused-ring (bicyclic) bond motifs is 1. The summed E-state index contributed by atoms with van der Waals surface area (Å²) in [6.45, 7) is 0.440. The topological polar surface area (TPSA) is 75.7 Å². The Morgan fingerprint density at radius 1 is 1.06 bits per heavy atom. The first-order valence-corrected chi connectivity index (χ1v) is 11.7. The van der Waals surface area contributed by atoms with Gasteiger partial charge in [0.25, 0.3) is 15.9 Å². The third-order valence-electron chi connectivity index (χ3n) is 4.83. The molecule has 160 valence electrons. The van der Waals surface area contributed by atoms with E-state index in [9.17, 15) is 17.6 Å². The first-order chi connectivity index (χ1) is 14.8. The molecule has 0 aromatic heterocycles. The van der Waals surface area contributed by atoms with E-state index in [-0.39, 0.29) is 23.1 Å². The molecule has 3 aromatic carbocycles. The van der Waals surface area contributed by atoms with Crippen molar-refractivity contribution in [2.24, 2.45) is 0 Å². The fraction of sp³-hybridized carbons (Fsp3) is 0.136. The smallest absolute Gasteiger partial charge is 0.264 e. The van der Waals surface area contributed by atoms with Crippen molar-refractivity contribution in [1.82, 2.24) is 0 Å². The molecule has 1 heterocycles. The minimum absolute atomic E-state index is 0.0227. The van der Waals surface area contributed by atoms with Crippen LogP contribution >= 0.6 is 15.9 Å². The predicted octanol–water partition coefficient (Wildman–Crippen LogP) is 4.36. The number of nitrogens with zero attached hydrogens (tertiary/aromatic N) is 1. The average Bonchev–Trinajstić information content (AvgIpc) is 3.17. The summed E-state index contributed by atoms with van der Waals surface area (Å²) >= 11 is 3.43. The van der Waals surface area contributed by atoms with Gasteiger partial charge >= 0.3 is 0 Å². The van der Waals surface area contributed by atoms with Gasteiger partial charge in [-0.05, 0) is 78.7 Å². The van der Waals surface area contributed by atoms with Crippen LogP contribution in [0.25, 0.3) is 0 Å². The van der Waals surface area contributed by atoms with Crippen molar-refractivity contribution >= 4 is 43.2 Å². The average molecular weight is 505 g/mol. The molecule has 0 aliphatic carbocycles. The van der Waals surface area contributed by atoms with E-state index < -0.39 is 15.8 Å². The fourth-order valence-corrected chi connectivity index (χ4v) is 4.77. The Kier molecular flexibility index (Phi) is 5.97. The molecule has 1 aliphatic heterocycles. The van der Waals surface area contributed by atoms with Crippen LogP contribution in [0.5, 0.6) is 5.75 Å². The summed E-state index contributed by atoms with van der Waals surface area (Å²) in [6.07, 6.45) is 0.786. The molecule has 9 heteroatoms. The number of benzene rings is 3. The molecule has 3 aromatic rings. The largest absolute Gasteiger partial charge is 0.484 e. The van der Waals surface area contributed by atoms with Crippen molar-refractivity contribution < 1.29 is 22.3 Å². The lowest BCUT2D eigenvalue weighted by atomic mass is 10.2. The van der Waals surface area contributed by atoms with Crippen LogP contribution in [-0.2, 0) is 21.2 Å². The first-order valence-electron chi connectivity index (χ1n) is 9.42. The first kappa shape index (κ1) is 21.3. The Morgan fingerprint density at radius 2 is 1.77 bits per heavy atom. The van der Waals surface area contributed by atoms with Crippen molar-refractivity contribution in [3.8, 4) is 5.75 Å². The monoisotopic (exact) mass is 504 g/mol. The summed E-state index contributed by atoms with van der Waals surface area (Å²) in [5.41, 5.74) is 2.24. The summed E-state index contributed by atoms with van der Waals surface area (Å²) in [4.78, 5) is 14.3. The Labute approximate surface area is 187 Å². The maximum atomic E-state index is 13.0. The molecular weight excluding hydrogens is 487 g/mol. The zero-order valence-corrected chi connectivity index (χ0v) is 18.6. The summed E-state index contributed by atoms with van der Waals surface area (Å²) < 4.78 is 46.8. The zero-order valence-electron chi connectivity index (χ0n) is 16.2. The molecule has 6 nitrogen and oxygen atoms in total. The highest BCUT2D eigenvalue weighted by Crippen LogP contribution is 2.30. The van der Waals surface area contributed by atoms with Crippen LogP contribution in [0, 0.1) is 5.82 Å². The molecule has 1 amide bonds. The van der Waals surface area contributed by atoms with Gasteiger partial charge < -0.3 is 9.64 Å². The second-order valence-electron chi connectivity index (χ2n) is 6.94. The number of halogens is 2. The fourth-order valence-electron chi connectivity index (χ4n) is 3.30. The van der Waals surface area contributed by atoms with E-state index in [2.05, 4.69) is 20.7 Å². The zero-order chi connectivity index (χ0) is 22.0. The molecule has 0 spiro atoms. The lowest BCUT2D eigenvalue weighted by Gasteiger charge is -2.17. The van der Waals surface area contributed by atoms with Crippen LogP contribution in [0.2, 0.25) is 0 Å². The van der Waals surface area contributed by atoms with E-state index in [0.717, 1.165) is 22.1 Å². The van der Waals surface area contributed by atoms with Gasteiger partial charge in [0.1, 0.15) is 11.6 Å². The van der Waals surface area contributed by atoms with E-state index in [1.807, 2.05) is 18.2 Å². The number of carbonyl (C=O) groups excluding carboxylic acids is 1. The lowest BCUT2D eigenvalue weighted by Crippen LogP contribution is -2.33. The van der Waals surface area contributed by atoms with Gasteiger partial charge in [0.15, 0.2) is 6.61 Å². The molecule has 1 aliphatic rings. The summed E-state index contributed by atoms with van der Waals surface area (Å²) in [6, 6.07) is 16.6. The standard InChI is InChI=1S/C22H18BrFN2O4S/c23-16-1-10-21-15(13-16)11-12-26(21)22(27)14-30-19-6-8-20(9-7-19)31(28,29)25-18-4-2-17(24)3-5-18/h1-10,13,25H,11-12,14H2. The van der Waals surface area contributed by atoms with Gasteiger partial charge in [-0.1, -0.05) is 15.9 Å². The van der Waals surface area contributed by atoms with Gasteiger partial charge in [0, 0.05) is 22.4 Å². The third-order valence-corrected chi connectivity index (χ3v) is 6.72. The van der Waals surface area contributed by atoms with Crippen LogP contribution in [0.15, 0.2) is 76.1 Å². The van der Waals surface area contributed by atoms with Crippen molar-refractivity contribution in [2.45, 2.75) is 11.3 Å². The third kappa shape index (κ3) is 4.88. The number of hydrogen-bond acceptors (Lipinski definition) is 4. The Hall–Kier alpha value is -2.91. The van der Waals surface area contributed by atoms with Crippen molar-refractivity contribution in [1.29, 1.82) is 0 Å². The van der Waals surface area contributed by atoms with Crippen LogP contribution in [0.3, 0.4) is 0 Å². The van der Waals surface area contributed by atoms with Crippen LogP contribution in [-0.4, -0.2) is 27.5 Å². The van der Waals surface area contributed by atoms with Crippen molar-refractivity contribution in [2.75, 3.05) is 22.8 Å². The molecule has 0 bridgehead atoms. The lowest BCUT2D eigenvalue weighted by molar-refractivity contribution is -0.120. The van der Waals surface area contributed by atoms with Gasteiger partial charge in [-0.25, -0.2) is 12.8 Å². The highest BCUT2D eigenvalue weighted by atomic mass is 79.9. The van der Waals surface area contributed by atoms with Crippen molar-refractivity contribution in [3.63, 3.8) is 0 Å². The van der Waals surface area contributed by atoms with Gasteiger partial charge in [-0.2, -0.15) is 0 Å². The van der Waals surface area contributed by atoms with Gasteiger partial charge in [0.05, 0.1) is 4.90 Å². The molecule has 1 N–H and O–H groups in total. The quantitative estimate of drug-likeness (QED) is 0.541. The number of nitrogens with one attached hydrogen (secondary N) is 1. The molecule has 31 heavy (non-hydrogen) atoms. The second kappa shape index (κ2) is 8.68. The van der Waals surface area contributed by atoms with Crippen LogP contribution < -0.4 is 14.4 Å². The molecular formula is C22H18BrFN2O4S. The summed E-state index contributed by atoms with van der Waals surface area (Å²) in [5, 5.41) is 0. The summed E-state index contributed by atoms with van der Waals surface area (Å²) in [7, 11) is -3.83. The molecule has 0 saturated carbocycles. The van der Waals surface area contributed by atoms with E-state index in [1.165, 1.54) is 48.5 Å². The molecule has 0 fully saturated rings. The minimum Gasteiger partial charge on any atom is -0.484 e. The number of anilines is 2.